The molecule has 4 aromatic carbocycles. The Bertz CT molecular complexity index is 1530. The molecule has 14 nitrogen and oxygen atoms in total. The van der Waals surface area contributed by atoms with E-state index >= 15 is 0 Å². The minimum absolute atomic E-state index is 0.0119. The molecule has 274 valence electrons. The molecule has 4 aromatic rings. The lowest BCUT2D eigenvalue weighted by molar-refractivity contribution is 0.0681. The second-order valence-corrected chi connectivity index (χ2v) is 10.6. The highest BCUT2D eigenvalue weighted by molar-refractivity contribution is 5.93. The third kappa shape index (κ3) is 15.5. The summed E-state index contributed by atoms with van der Waals surface area (Å²) in [7, 11) is 0. The molecule has 0 aliphatic heterocycles. The average Bonchev–Trinajstić information content (AvgIpc) is 3.14. The van der Waals surface area contributed by atoms with E-state index < -0.39 is 23.9 Å². The zero-order valence-electron chi connectivity index (χ0n) is 28.0. The van der Waals surface area contributed by atoms with Crippen molar-refractivity contribution in [3.8, 4) is 11.5 Å². The van der Waals surface area contributed by atoms with Gasteiger partial charge in [0.1, 0.15) is 24.7 Å². The molecule has 0 spiro atoms. The first-order valence-electron chi connectivity index (χ1n) is 15.2. The molecule has 8 N–H and O–H groups in total. The summed E-state index contributed by atoms with van der Waals surface area (Å²) in [5.74, 6) is -2.87. The maximum absolute atomic E-state index is 10.4. The lowest BCUT2D eigenvalue weighted by Gasteiger charge is -2.26. The Morgan fingerprint density at radius 1 is 0.471 bits per heavy atom. The largest absolute Gasteiger partial charge is 0.491 e. The molecule has 0 atom stereocenters. The lowest BCUT2D eigenvalue weighted by Crippen LogP contribution is -2.18. The van der Waals surface area contributed by atoms with Gasteiger partial charge in [0.2, 0.25) is 0 Å². The van der Waals surface area contributed by atoms with E-state index in [2.05, 4.69) is 13.8 Å². The molecule has 0 amide bonds. The normalized spacial score (nSPS) is 10.1. The van der Waals surface area contributed by atoms with Crippen LogP contribution in [-0.4, -0.2) is 104 Å². The van der Waals surface area contributed by atoms with Crippen molar-refractivity contribution in [1.82, 2.24) is 0 Å². The summed E-state index contributed by atoms with van der Waals surface area (Å²) in [6.07, 6.45) is 0. The fourth-order valence-electron chi connectivity index (χ4n) is 3.97. The molecule has 4 rings (SSSR count). The van der Waals surface area contributed by atoms with Gasteiger partial charge in [-0.25, -0.2) is 19.2 Å². The van der Waals surface area contributed by atoms with E-state index in [1.165, 1.54) is 53.6 Å². The van der Waals surface area contributed by atoms with Crippen molar-refractivity contribution >= 4 is 23.9 Å². The number of carboxylic acids is 4. The van der Waals surface area contributed by atoms with Crippen LogP contribution in [-0.2, 0) is 5.41 Å². The molecule has 0 fully saturated rings. The first kappa shape index (κ1) is 43.2. The van der Waals surface area contributed by atoms with Crippen molar-refractivity contribution < 1.29 is 69.5 Å². The van der Waals surface area contributed by atoms with E-state index in [9.17, 15) is 19.2 Å². The minimum Gasteiger partial charge on any atom is -0.491 e. The van der Waals surface area contributed by atoms with Crippen LogP contribution in [0.25, 0.3) is 0 Å². The van der Waals surface area contributed by atoms with E-state index in [1.807, 2.05) is 48.5 Å². The number of carboxylic acid groups (broad SMARTS) is 4. The Morgan fingerprint density at radius 3 is 1.04 bits per heavy atom. The Morgan fingerprint density at radius 2 is 0.784 bits per heavy atom. The third-order valence-corrected chi connectivity index (χ3v) is 6.71. The van der Waals surface area contributed by atoms with Gasteiger partial charge in [-0.2, -0.15) is 0 Å². The van der Waals surface area contributed by atoms with E-state index in [-0.39, 0.29) is 54.1 Å². The van der Waals surface area contributed by atoms with Crippen LogP contribution in [0.5, 0.6) is 11.5 Å². The molecule has 0 saturated heterocycles. The zero-order chi connectivity index (χ0) is 38.4. The minimum atomic E-state index is -1.13. The van der Waals surface area contributed by atoms with Crippen molar-refractivity contribution in [2.24, 2.45) is 0 Å². The van der Waals surface area contributed by atoms with Gasteiger partial charge in [0.25, 0.3) is 0 Å². The summed E-state index contributed by atoms with van der Waals surface area (Å²) in [4.78, 5) is 41.4. The van der Waals surface area contributed by atoms with Crippen molar-refractivity contribution in [2.75, 3.05) is 39.6 Å². The van der Waals surface area contributed by atoms with Crippen molar-refractivity contribution in [2.45, 2.75) is 19.3 Å². The summed E-state index contributed by atoms with van der Waals surface area (Å²) >= 11 is 0. The summed E-state index contributed by atoms with van der Waals surface area (Å²) in [6, 6.07) is 26.1. The summed E-state index contributed by atoms with van der Waals surface area (Å²) in [5, 5.41) is 66.8. The molecule has 51 heavy (non-hydrogen) atoms. The fourth-order valence-corrected chi connectivity index (χ4v) is 3.97. The molecule has 14 heteroatoms. The lowest BCUT2D eigenvalue weighted by atomic mass is 9.78. The molecule has 0 aliphatic rings. The van der Waals surface area contributed by atoms with Crippen molar-refractivity contribution in [1.29, 1.82) is 0 Å². The van der Waals surface area contributed by atoms with Gasteiger partial charge < -0.3 is 50.3 Å². The summed E-state index contributed by atoms with van der Waals surface area (Å²) < 4.78 is 10.8. The van der Waals surface area contributed by atoms with Gasteiger partial charge >= 0.3 is 23.9 Å². The molecule has 0 saturated carbocycles. The van der Waals surface area contributed by atoms with Gasteiger partial charge in [-0.15, -0.1) is 0 Å². The van der Waals surface area contributed by atoms with Crippen LogP contribution in [0.15, 0.2) is 97.1 Å². The number of aliphatic hydroxyl groups excluding tert-OH is 4. The fraction of sp³-hybridized carbons (Fsp3) is 0.243. The second kappa shape index (κ2) is 22.8. The number of aromatic carboxylic acids is 4. The van der Waals surface area contributed by atoms with Crippen LogP contribution in [0.3, 0.4) is 0 Å². The van der Waals surface area contributed by atoms with E-state index in [4.69, 9.17) is 50.3 Å². The zero-order valence-corrected chi connectivity index (χ0v) is 28.0. The summed E-state index contributed by atoms with van der Waals surface area (Å²) in [5.41, 5.74) is 2.34. The summed E-state index contributed by atoms with van der Waals surface area (Å²) in [6.45, 7) is 4.71. The molecular formula is C37H42O14. The monoisotopic (exact) mass is 710 g/mol. The van der Waals surface area contributed by atoms with E-state index in [1.54, 1.807) is 0 Å². The number of rotatable bonds is 13. The Labute approximate surface area is 294 Å². The van der Waals surface area contributed by atoms with Crippen molar-refractivity contribution in [3.05, 3.63) is 130 Å². The number of carbonyl (C=O) groups is 4. The number of hydrogen-bond acceptors (Lipinski definition) is 10. The number of benzene rings is 4. The van der Waals surface area contributed by atoms with Gasteiger partial charge in [-0.1, -0.05) is 44.2 Å². The van der Waals surface area contributed by atoms with Crippen molar-refractivity contribution in [3.63, 3.8) is 0 Å². The van der Waals surface area contributed by atoms with Crippen LogP contribution in [0.4, 0.5) is 0 Å². The smallest absolute Gasteiger partial charge is 0.335 e. The van der Waals surface area contributed by atoms with Gasteiger partial charge in [0.05, 0.1) is 48.7 Å². The predicted octanol–water partition coefficient (Wildman–Crippen LogP) is 3.89. The van der Waals surface area contributed by atoms with Crippen LogP contribution in [0, 0.1) is 0 Å². The number of ether oxygens (including phenoxy) is 2. The first-order valence-corrected chi connectivity index (χ1v) is 15.2. The SMILES string of the molecule is CC(C)(c1ccc(OCCO)cc1)c1ccc(OCCO)cc1.O=C(O)c1ccc(C(=O)O)cc1.O=C(O)c1cccc(C(=O)O)c1.OCCO. The van der Waals surface area contributed by atoms with Gasteiger partial charge in [-0.3, -0.25) is 0 Å². The molecular weight excluding hydrogens is 668 g/mol. The molecule has 0 radical (unpaired) electrons. The molecule has 0 aromatic heterocycles. The van der Waals surface area contributed by atoms with Gasteiger partial charge in [0, 0.05) is 5.41 Å². The maximum atomic E-state index is 10.4. The predicted molar refractivity (Wildman–Crippen MR) is 185 cm³/mol. The van der Waals surface area contributed by atoms with Gasteiger partial charge in [-0.05, 0) is 77.9 Å². The third-order valence-electron chi connectivity index (χ3n) is 6.71. The standard InChI is InChI=1S/C19H24O4.2C8H6O4.C2H6O2/c1-19(2,15-3-7-17(8-4-15)22-13-11-20)16-5-9-18(10-6-16)23-14-12-21;9-7(10)5-1-2-6(4-3-5)8(11)12;9-7(10)5-2-1-3-6(4-5)8(11)12;3-1-2-4/h3-10,20-21H,11-14H2,1-2H3;2*1-4H,(H,9,10)(H,11,12);3-4H,1-2H2. The molecule has 0 bridgehead atoms. The Hall–Kier alpha value is -5.80. The van der Waals surface area contributed by atoms with E-state index in [0.29, 0.717) is 13.2 Å². The van der Waals surface area contributed by atoms with Crippen LogP contribution in [0.2, 0.25) is 0 Å². The van der Waals surface area contributed by atoms with Crippen LogP contribution < -0.4 is 9.47 Å². The number of aliphatic hydroxyl groups is 4. The Balaban J connectivity index is 0.000000392. The second-order valence-electron chi connectivity index (χ2n) is 10.6. The number of hydrogen-bond donors (Lipinski definition) is 8. The highest BCUT2D eigenvalue weighted by Gasteiger charge is 2.23. The Kier molecular flexibility index (Phi) is 19.3. The molecule has 0 aliphatic carbocycles. The highest BCUT2D eigenvalue weighted by atomic mass is 16.5. The molecule has 0 unspecified atom stereocenters. The highest BCUT2D eigenvalue weighted by Crippen LogP contribution is 2.33. The molecule has 0 heterocycles. The van der Waals surface area contributed by atoms with E-state index in [0.717, 1.165) is 17.6 Å². The first-order chi connectivity index (χ1) is 24.2. The topological polar surface area (TPSA) is 249 Å². The quantitative estimate of drug-likeness (QED) is 0.0981. The average molecular weight is 711 g/mol. The van der Waals surface area contributed by atoms with Crippen LogP contribution >= 0.6 is 0 Å². The maximum Gasteiger partial charge on any atom is 0.335 e. The van der Waals surface area contributed by atoms with Crippen LogP contribution in [0.1, 0.15) is 66.4 Å². The van der Waals surface area contributed by atoms with Gasteiger partial charge in [0.15, 0.2) is 0 Å².